The second kappa shape index (κ2) is 37.6. The van der Waals surface area contributed by atoms with Crippen molar-refractivity contribution in [3.8, 4) is 17.2 Å². The van der Waals surface area contributed by atoms with Crippen LogP contribution in [0.4, 0.5) is 45.5 Å². The first-order chi connectivity index (χ1) is 71.5. The van der Waals surface area contributed by atoms with Gasteiger partial charge in [0.25, 0.3) is 0 Å². The summed E-state index contributed by atoms with van der Waals surface area (Å²) in [6.45, 7) is 1.07. The Balaban J connectivity index is 0.489. The smallest absolute Gasteiger partial charge is 0.341 e. The fourth-order valence-electron chi connectivity index (χ4n) is 27.6. The molecule has 0 spiro atoms. The molecule has 15 aliphatic rings. The number of likely N-dealkylation sites (tertiary alicyclic amines) is 1. The second-order valence-corrected chi connectivity index (χ2v) is 41.7. The number of carbonyl (C=O) groups is 20. The molecule has 16 amide bonds. The SMILES string of the molecule is CCCCCCOC1CCC(c2ccc(OCC(=O)c3cc(NC)cc(N4C(=O)C5C(C4=O)C4C(=O)N(c6cc(C(=O)OCOc7ccncc7)cc(N7C(=O)C8CC(C7=O)C7C9CC(C(=O)N(c%10cc(C(=O)OCOc%11ccc(C(=O)c%12ccccc%12)cc%11)cc(N%11C(=O)CC%12C%13CC(=O)N(c%14ccc(N%15C(=O)C%16CC(C%15=O)C%15C%17CC(C(=O)N(C)C%17=O)C%16%15)cc%14)C(=O)CC%13C%12CC%11=O)c%10)C9=O)C87)c6)C(=O)C54)c3)cc2)CC1. The molecule has 0 radical (unpaired) electrons. The number of rotatable bonds is 29. The molecule has 23 rings (SSSR count). The van der Waals surface area contributed by atoms with Gasteiger partial charge in [-0.3, -0.25) is 111 Å². The minimum Gasteiger partial charge on any atom is -0.485 e. The summed E-state index contributed by atoms with van der Waals surface area (Å²) in [5.74, 6) is -32.3. The number of unbranched alkanes of at least 4 members (excludes halogenated alkanes) is 3. The van der Waals surface area contributed by atoms with Gasteiger partial charge in [-0.2, -0.15) is 0 Å². The quantitative estimate of drug-likeness (QED) is 0.0114. The molecule has 36 heteroatoms. The van der Waals surface area contributed by atoms with Crippen LogP contribution in [0.25, 0.3) is 0 Å². The van der Waals surface area contributed by atoms with Crippen LogP contribution < -0.4 is 53.8 Å². The molecule has 20 unspecified atom stereocenters. The maximum Gasteiger partial charge on any atom is 0.341 e. The summed E-state index contributed by atoms with van der Waals surface area (Å²) in [5, 5.41) is 2.98. The van der Waals surface area contributed by atoms with Crippen LogP contribution in [0.5, 0.6) is 17.2 Å². The summed E-state index contributed by atoms with van der Waals surface area (Å²) in [5.41, 5.74) is 0.459. The van der Waals surface area contributed by atoms with Crippen molar-refractivity contribution in [2.24, 2.45) is 118 Å². The van der Waals surface area contributed by atoms with Gasteiger partial charge in [0.15, 0.2) is 18.2 Å². The monoisotopic (exact) mass is 2000 g/mol. The number of piperidine rings is 4. The number of nitrogens with one attached hydrogen (secondary N) is 1. The van der Waals surface area contributed by atoms with Crippen molar-refractivity contribution in [3.05, 3.63) is 216 Å². The summed E-state index contributed by atoms with van der Waals surface area (Å²) >= 11 is 0. The standard InChI is InChI=1S/C112H102N10O26/c1-4-5-6-10-33-143-69-23-13-54(14-24-69)55-15-25-70(26-16-55)144-51-85(123)58-34-61(113-2)40-64(35-58)121-107(137)94-95(108(121)138)97-96(94)109(139)122(110(97)140)68-39-60(112(142)148-53-146-72-29-31-114-32-30-72)38-67(42-68)120-105(135)83-46-84(106(120)136)93-82-45-81(92(83)93)103(133)119(104(82)134)66-37-59(111(141)147-52-145-71-27-17-57(18-28-71)98(128)56-11-8-7-9-12-56)36-65(41-66)117-88(126)49-75-73-47-86(124)116(87(125)48-74(73)76(75)50-89(117)127)62-19-21-63(22-20-62)118-101(131)79-44-80(102(118)132)91-78-43-77(90(79)91)99(129)115(3)100(78)130/h7-9,11-12,15-22,25-32,34-42,54,69,73-84,90-97,113H,4-6,10,13-14,23-24,33,43-53H2,1-3H3. The van der Waals surface area contributed by atoms with Crippen molar-refractivity contribution in [1.82, 2.24) is 9.88 Å². The van der Waals surface area contributed by atoms with Crippen LogP contribution in [0.15, 0.2) is 182 Å². The van der Waals surface area contributed by atoms with E-state index < -0.39 is 250 Å². The predicted octanol–water partition coefficient (Wildman–Crippen LogP) is 11.4. The van der Waals surface area contributed by atoms with Gasteiger partial charge < -0.3 is 33.7 Å². The Hall–Kier alpha value is -15.8. The molecule has 148 heavy (non-hydrogen) atoms. The minimum atomic E-state index is -1.44. The molecule has 756 valence electrons. The highest BCUT2D eigenvalue weighted by atomic mass is 16.7. The average molecular weight is 2000 g/mol. The number of aromatic nitrogens is 1. The number of fused-ring (bicyclic) bond motifs is 26. The molecule has 20 atom stereocenters. The molecule has 1 N–H and O–H groups in total. The van der Waals surface area contributed by atoms with Gasteiger partial charge in [0, 0.05) is 129 Å². The molecule has 36 nitrogen and oxygen atoms in total. The zero-order valence-electron chi connectivity index (χ0n) is 80.8. The maximum absolute atomic E-state index is 15.8. The van der Waals surface area contributed by atoms with Crippen LogP contribution in [0, 0.1) is 118 Å². The van der Waals surface area contributed by atoms with E-state index >= 15 is 38.4 Å². The van der Waals surface area contributed by atoms with Crippen LogP contribution in [0.1, 0.15) is 168 Å². The molecule has 8 aliphatic heterocycles. The number of benzene rings is 7. The number of hydrogen-bond acceptors (Lipinski definition) is 28. The first-order valence-corrected chi connectivity index (χ1v) is 50.8. The fraction of sp³-hybridized carbons (Fsp3) is 0.402. The summed E-state index contributed by atoms with van der Waals surface area (Å²) in [4.78, 5) is 307. The predicted molar refractivity (Wildman–Crippen MR) is 521 cm³/mol. The Kier molecular flexibility index (Phi) is 24.3. The molecule has 9 heterocycles. The summed E-state index contributed by atoms with van der Waals surface area (Å²) in [7, 11) is 3.00. The van der Waals surface area contributed by atoms with Gasteiger partial charge in [-0.05, 0) is 244 Å². The first-order valence-electron chi connectivity index (χ1n) is 50.8. The van der Waals surface area contributed by atoms with Crippen molar-refractivity contribution in [1.29, 1.82) is 0 Å². The van der Waals surface area contributed by atoms with E-state index in [1.165, 1.54) is 124 Å². The summed E-state index contributed by atoms with van der Waals surface area (Å²) < 4.78 is 35.0. The first kappa shape index (κ1) is 95.8. The van der Waals surface area contributed by atoms with Crippen molar-refractivity contribution < 1.29 is 124 Å². The lowest BCUT2D eigenvalue weighted by atomic mass is 9.53. The number of carbonyl (C=O) groups excluding carboxylic acids is 20. The number of anilines is 8. The number of amides is 16. The van der Waals surface area contributed by atoms with E-state index in [4.69, 9.17) is 28.4 Å². The van der Waals surface area contributed by atoms with E-state index in [9.17, 15) is 57.5 Å². The molecular formula is C112H102N10O26. The molecule has 7 aromatic carbocycles. The van der Waals surface area contributed by atoms with Gasteiger partial charge in [0.05, 0.1) is 80.7 Å². The normalized spacial score (nSPS) is 29.5. The molecule has 8 saturated heterocycles. The molecule has 7 saturated carbocycles. The van der Waals surface area contributed by atoms with Crippen molar-refractivity contribution in [2.75, 3.05) is 80.5 Å². The highest BCUT2D eigenvalue weighted by Gasteiger charge is 2.75. The van der Waals surface area contributed by atoms with Crippen LogP contribution in [0.3, 0.4) is 0 Å². The van der Waals surface area contributed by atoms with Crippen molar-refractivity contribution in [3.63, 3.8) is 0 Å². The Bertz CT molecular complexity index is 6870. The van der Waals surface area contributed by atoms with Gasteiger partial charge in [0.1, 0.15) is 17.2 Å². The third kappa shape index (κ3) is 15.9. The number of ketones is 2. The molecule has 15 fully saturated rings. The summed E-state index contributed by atoms with van der Waals surface area (Å²) in [6.07, 6.45) is 10.6. The van der Waals surface area contributed by atoms with E-state index in [2.05, 4.69) is 17.2 Å². The van der Waals surface area contributed by atoms with E-state index in [1.807, 2.05) is 24.3 Å². The molecule has 8 aromatic rings. The van der Waals surface area contributed by atoms with E-state index in [1.54, 1.807) is 37.4 Å². The average Bonchev–Trinajstić information content (AvgIpc) is 1.50. The Labute approximate surface area is 846 Å². The van der Waals surface area contributed by atoms with E-state index in [-0.39, 0.29) is 132 Å². The highest BCUT2D eigenvalue weighted by Crippen LogP contribution is 2.66. The van der Waals surface area contributed by atoms with Gasteiger partial charge in [-0.25, -0.2) is 29.2 Å². The van der Waals surface area contributed by atoms with Gasteiger partial charge in [-0.15, -0.1) is 0 Å². The lowest BCUT2D eigenvalue weighted by molar-refractivity contribution is -0.153. The number of Topliss-reactive ketones (excluding diaryl/α,β-unsaturated/α-hetero) is 1. The zero-order chi connectivity index (χ0) is 103. The van der Waals surface area contributed by atoms with Crippen LogP contribution in [-0.2, 0) is 90.9 Å². The van der Waals surface area contributed by atoms with Crippen LogP contribution in [-0.4, -0.2) is 175 Å². The van der Waals surface area contributed by atoms with Gasteiger partial charge in [-0.1, -0.05) is 68.7 Å². The molecule has 8 bridgehead atoms. The summed E-state index contributed by atoms with van der Waals surface area (Å²) in [6, 6.07) is 42.2. The zero-order valence-corrected chi connectivity index (χ0v) is 80.8. The maximum atomic E-state index is 15.8. The van der Waals surface area contributed by atoms with Gasteiger partial charge in [0.2, 0.25) is 108 Å². The van der Waals surface area contributed by atoms with Crippen LogP contribution in [0.2, 0.25) is 0 Å². The molecule has 7 aliphatic carbocycles. The third-order valence-corrected chi connectivity index (χ3v) is 34.4. The number of esters is 2. The number of pyridine rings is 1. The number of ether oxygens (including phenoxy) is 6. The Morgan fingerprint density at radius 3 is 1.15 bits per heavy atom. The number of nitrogens with zero attached hydrogens (tertiary/aromatic N) is 9. The Morgan fingerprint density at radius 2 is 0.716 bits per heavy atom. The minimum absolute atomic E-state index is 0.0139. The van der Waals surface area contributed by atoms with E-state index in [0.717, 1.165) is 109 Å². The topological polar surface area (TPSA) is 448 Å². The lowest BCUT2D eigenvalue weighted by Crippen LogP contribution is -2.52. The fourth-order valence-corrected chi connectivity index (χ4v) is 27.6. The number of imide groups is 8. The number of hydrogen-bond donors (Lipinski definition) is 1. The lowest BCUT2D eigenvalue weighted by Gasteiger charge is -2.49. The molecular weight excluding hydrogens is 1900 g/mol. The molecule has 1 aromatic heterocycles. The largest absolute Gasteiger partial charge is 0.485 e. The second-order valence-electron chi connectivity index (χ2n) is 41.7. The van der Waals surface area contributed by atoms with E-state index in [0.29, 0.717) is 33.4 Å². The Morgan fingerprint density at radius 1 is 0.351 bits per heavy atom. The van der Waals surface area contributed by atoms with Gasteiger partial charge >= 0.3 is 11.9 Å². The van der Waals surface area contributed by atoms with Crippen molar-refractivity contribution >= 4 is 164 Å². The van der Waals surface area contributed by atoms with Crippen LogP contribution >= 0.6 is 0 Å². The highest BCUT2D eigenvalue weighted by molar-refractivity contribution is 6.33. The third-order valence-electron chi connectivity index (χ3n) is 34.4. The van der Waals surface area contributed by atoms with Crippen molar-refractivity contribution in [2.45, 2.75) is 122 Å².